The fraction of sp³-hybridized carbons (Fsp3) is 1.00. The molecular weight excluding hydrogens is 198 g/mol. The summed E-state index contributed by atoms with van der Waals surface area (Å²) < 4.78 is 5.59. The van der Waals surface area contributed by atoms with Crippen LogP contribution in [0.3, 0.4) is 0 Å². The Kier molecular flexibility index (Phi) is 3.91. The van der Waals surface area contributed by atoms with Crippen LogP contribution in [0.1, 0.15) is 52.4 Å². The molecule has 2 heteroatoms. The van der Waals surface area contributed by atoms with Gasteiger partial charge in [0.05, 0.1) is 6.10 Å². The minimum atomic E-state index is 0.455. The van der Waals surface area contributed by atoms with Crippen molar-refractivity contribution in [3.05, 3.63) is 0 Å². The highest BCUT2D eigenvalue weighted by molar-refractivity contribution is 4.98. The second-order valence-electron chi connectivity index (χ2n) is 6.06. The molecule has 0 saturated heterocycles. The molecule has 2 unspecified atom stereocenters. The Bertz CT molecular complexity index is 223. The second kappa shape index (κ2) is 5.05. The predicted molar refractivity (Wildman–Crippen MR) is 67.6 cm³/mol. The van der Waals surface area contributed by atoms with Crippen LogP contribution >= 0.6 is 0 Å². The van der Waals surface area contributed by atoms with Gasteiger partial charge in [0.2, 0.25) is 0 Å². The lowest BCUT2D eigenvalue weighted by atomic mass is 9.89. The molecule has 0 heterocycles. The summed E-state index contributed by atoms with van der Waals surface area (Å²) in [5, 5.41) is 3.78. The third-order valence-corrected chi connectivity index (χ3v) is 4.84. The molecule has 0 amide bonds. The summed E-state index contributed by atoms with van der Waals surface area (Å²) in [5.74, 6) is 0.824. The number of hydrogen-bond acceptors (Lipinski definition) is 2. The zero-order chi connectivity index (χ0) is 11.6. The summed E-state index contributed by atoms with van der Waals surface area (Å²) in [7, 11) is 1.86. The van der Waals surface area contributed by atoms with Crippen LogP contribution < -0.4 is 5.32 Å². The zero-order valence-electron chi connectivity index (χ0n) is 11.1. The van der Waals surface area contributed by atoms with Gasteiger partial charge < -0.3 is 10.1 Å². The lowest BCUT2D eigenvalue weighted by Crippen LogP contribution is -2.45. The van der Waals surface area contributed by atoms with Crippen molar-refractivity contribution in [1.82, 2.24) is 5.32 Å². The highest BCUT2D eigenvalue weighted by Gasteiger charge is 2.45. The fourth-order valence-corrected chi connectivity index (χ4v) is 3.07. The van der Waals surface area contributed by atoms with Crippen molar-refractivity contribution in [2.45, 2.75) is 64.5 Å². The zero-order valence-corrected chi connectivity index (χ0v) is 11.1. The van der Waals surface area contributed by atoms with E-state index in [4.69, 9.17) is 4.74 Å². The first kappa shape index (κ1) is 12.4. The van der Waals surface area contributed by atoms with E-state index in [-0.39, 0.29) is 0 Å². The van der Waals surface area contributed by atoms with Crippen molar-refractivity contribution in [3.63, 3.8) is 0 Å². The van der Waals surface area contributed by atoms with Crippen molar-refractivity contribution in [2.75, 3.05) is 13.7 Å². The fourth-order valence-electron chi connectivity index (χ4n) is 3.07. The van der Waals surface area contributed by atoms with Crippen LogP contribution in [0.25, 0.3) is 0 Å². The molecule has 2 fully saturated rings. The highest BCUT2D eigenvalue weighted by atomic mass is 16.5. The van der Waals surface area contributed by atoms with Crippen LogP contribution in [-0.4, -0.2) is 25.8 Å². The standard InChI is InChI=1S/C14H27NO/c1-11(2)14(8-9-14)10-15-12-6-4-5-7-13(12)16-3/h11-13,15H,4-10H2,1-3H3. The van der Waals surface area contributed by atoms with Crippen LogP contribution in [0.2, 0.25) is 0 Å². The molecule has 0 aromatic carbocycles. The van der Waals surface area contributed by atoms with E-state index >= 15 is 0 Å². The molecule has 0 radical (unpaired) electrons. The van der Waals surface area contributed by atoms with E-state index in [9.17, 15) is 0 Å². The largest absolute Gasteiger partial charge is 0.380 e. The molecule has 2 saturated carbocycles. The summed E-state index contributed by atoms with van der Waals surface area (Å²) in [6, 6.07) is 0.606. The molecule has 0 bridgehead atoms. The van der Waals surface area contributed by atoms with E-state index in [2.05, 4.69) is 19.2 Å². The molecule has 2 aliphatic rings. The van der Waals surface area contributed by atoms with Crippen molar-refractivity contribution >= 4 is 0 Å². The van der Waals surface area contributed by atoms with E-state index < -0.39 is 0 Å². The highest BCUT2D eigenvalue weighted by Crippen LogP contribution is 2.51. The Hall–Kier alpha value is -0.0800. The summed E-state index contributed by atoms with van der Waals surface area (Å²) in [6.45, 7) is 5.93. The van der Waals surface area contributed by atoms with Crippen molar-refractivity contribution in [2.24, 2.45) is 11.3 Å². The van der Waals surface area contributed by atoms with Crippen molar-refractivity contribution in [1.29, 1.82) is 0 Å². The van der Waals surface area contributed by atoms with Gasteiger partial charge in [0.25, 0.3) is 0 Å². The lowest BCUT2D eigenvalue weighted by Gasteiger charge is -2.33. The van der Waals surface area contributed by atoms with E-state index in [1.165, 1.54) is 45.1 Å². The Morgan fingerprint density at radius 2 is 1.94 bits per heavy atom. The summed E-state index contributed by atoms with van der Waals surface area (Å²) >= 11 is 0. The van der Waals surface area contributed by atoms with Gasteiger partial charge in [-0.15, -0.1) is 0 Å². The Labute approximate surface area is 100 Å². The maximum absolute atomic E-state index is 5.59. The van der Waals surface area contributed by atoms with E-state index in [0.29, 0.717) is 17.6 Å². The third-order valence-electron chi connectivity index (χ3n) is 4.84. The smallest absolute Gasteiger partial charge is 0.0724 e. The number of ether oxygens (including phenoxy) is 1. The average molecular weight is 225 g/mol. The van der Waals surface area contributed by atoms with Gasteiger partial charge in [0, 0.05) is 19.7 Å². The van der Waals surface area contributed by atoms with E-state index in [1.54, 1.807) is 0 Å². The van der Waals surface area contributed by atoms with Gasteiger partial charge in [-0.2, -0.15) is 0 Å². The summed E-state index contributed by atoms with van der Waals surface area (Å²) in [6.07, 6.45) is 8.54. The quantitative estimate of drug-likeness (QED) is 0.776. The third kappa shape index (κ3) is 2.60. The first-order valence-electron chi connectivity index (χ1n) is 6.94. The van der Waals surface area contributed by atoms with Crippen LogP contribution in [0.5, 0.6) is 0 Å². The van der Waals surface area contributed by atoms with Crippen LogP contribution in [0.15, 0.2) is 0 Å². The SMILES string of the molecule is COC1CCCCC1NCC1(C(C)C)CC1. The van der Waals surface area contributed by atoms with Gasteiger partial charge in [-0.25, -0.2) is 0 Å². The number of nitrogens with one attached hydrogen (secondary N) is 1. The first-order valence-corrected chi connectivity index (χ1v) is 6.94. The molecule has 0 aromatic rings. The van der Waals surface area contributed by atoms with Gasteiger partial charge in [0.1, 0.15) is 0 Å². The Morgan fingerprint density at radius 1 is 1.25 bits per heavy atom. The number of methoxy groups -OCH3 is 1. The molecule has 0 spiro atoms. The molecule has 2 aliphatic carbocycles. The molecular formula is C14H27NO. The maximum Gasteiger partial charge on any atom is 0.0724 e. The van der Waals surface area contributed by atoms with Crippen LogP contribution in [-0.2, 0) is 4.74 Å². The van der Waals surface area contributed by atoms with Crippen molar-refractivity contribution < 1.29 is 4.74 Å². The minimum Gasteiger partial charge on any atom is -0.380 e. The normalized spacial score (nSPS) is 33.0. The summed E-state index contributed by atoms with van der Waals surface area (Å²) in [4.78, 5) is 0. The van der Waals surface area contributed by atoms with Crippen LogP contribution in [0, 0.1) is 11.3 Å². The molecule has 94 valence electrons. The average Bonchev–Trinajstić information content (AvgIpc) is 3.08. The summed E-state index contributed by atoms with van der Waals surface area (Å²) in [5.41, 5.74) is 0.621. The molecule has 1 N–H and O–H groups in total. The van der Waals surface area contributed by atoms with Gasteiger partial charge in [0.15, 0.2) is 0 Å². The molecule has 16 heavy (non-hydrogen) atoms. The van der Waals surface area contributed by atoms with Crippen LogP contribution in [0.4, 0.5) is 0 Å². The van der Waals surface area contributed by atoms with Gasteiger partial charge >= 0.3 is 0 Å². The van der Waals surface area contributed by atoms with Crippen molar-refractivity contribution in [3.8, 4) is 0 Å². The van der Waals surface area contributed by atoms with E-state index in [1.807, 2.05) is 7.11 Å². The number of rotatable bonds is 5. The molecule has 0 aromatic heterocycles. The molecule has 0 aliphatic heterocycles. The molecule has 2 atom stereocenters. The van der Waals surface area contributed by atoms with Gasteiger partial charge in [-0.3, -0.25) is 0 Å². The van der Waals surface area contributed by atoms with Gasteiger partial charge in [-0.05, 0) is 37.0 Å². The predicted octanol–water partition coefficient (Wildman–Crippen LogP) is 2.97. The topological polar surface area (TPSA) is 21.3 Å². The monoisotopic (exact) mass is 225 g/mol. The van der Waals surface area contributed by atoms with Gasteiger partial charge in [-0.1, -0.05) is 26.7 Å². The molecule has 2 nitrogen and oxygen atoms in total. The number of hydrogen-bond donors (Lipinski definition) is 1. The Balaban J connectivity index is 1.80. The Morgan fingerprint density at radius 3 is 2.50 bits per heavy atom. The molecule has 2 rings (SSSR count). The van der Waals surface area contributed by atoms with E-state index in [0.717, 1.165) is 5.92 Å². The first-order chi connectivity index (χ1) is 7.68. The maximum atomic E-state index is 5.59. The minimum absolute atomic E-state index is 0.455. The second-order valence-corrected chi connectivity index (χ2v) is 6.06. The lowest BCUT2D eigenvalue weighted by molar-refractivity contribution is 0.0391.